The minimum atomic E-state index is 0.958. The zero-order chi connectivity index (χ0) is 13.2. The first-order chi connectivity index (χ1) is 9.31. The third-order valence-electron chi connectivity index (χ3n) is 4.08. The molecule has 0 unspecified atom stereocenters. The van der Waals surface area contributed by atoms with Gasteiger partial charge in [0.1, 0.15) is 0 Å². The third kappa shape index (κ3) is 2.36. The number of aryl methyl sites for hydroxylation is 2. The summed E-state index contributed by atoms with van der Waals surface area (Å²) in [6.07, 6.45) is 8.20. The number of rotatable bonds is 2. The average Bonchev–Trinajstić information content (AvgIpc) is 2.66. The molecule has 0 saturated heterocycles. The second-order valence-electron chi connectivity index (χ2n) is 5.47. The quantitative estimate of drug-likeness (QED) is 0.693. The van der Waals surface area contributed by atoms with Gasteiger partial charge >= 0.3 is 0 Å². The molecule has 0 spiro atoms. The second-order valence-corrected chi connectivity index (χ2v) is 5.85. The zero-order valence-corrected chi connectivity index (χ0v) is 12.3. The Balaban J connectivity index is 2.24. The van der Waals surface area contributed by atoms with Crippen LogP contribution in [0, 0.1) is 0 Å². The molecule has 1 aliphatic rings. The Morgan fingerprint density at radius 1 is 1.16 bits per heavy atom. The normalized spacial score (nSPS) is 15.3. The van der Waals surface area contributed by atoms with Crippen molar-refractivity contribution in [3.63, 3.8) is 0 Å². The van der Waals surface area contributed by atoms with E-state index in [1.165, 1.54) is 36.1 Å². The summed E-state index contributed by atoms with van der Waals surface area (Å²) < 4.78 is 0. The molecule has 2 aromatic rings. The molecule has 1 aliphatic carbocycles. The van der Waals surface area contributed by atoms with E-state index in [1.54, 1.807) is 0 Å². The van der Waals surface area contributed by atoms with Crippen LogP contribution in [0.3, 0.4) is 0 Å². The van der Waals surface area contributed by atoms with Gasteiger partial charge in [-0.3, -0.25) is 4.98 Å². The number of halogens is 1. The number of hydrogen-bond acceptors (Lipinski definition) is 1. The van der Waals surface area contributed by atoms with E-state index in [4.69, 9.17) is 16.6 Å². The fraction of sp³-hybridized carbons (Fsp3) is 0.471. The van der Waals surface area contributed by atoms with Gasteiger partial charge in [-0.05, 0) is 43.2 Å². The van der Waals surface area contributed by atoms with Crippen LogP contribution in [0.15, 0.2) is 18.2 Å². The molecule has 1 aromatic carbocycles. The second kappa shape index (κ2) is 5.50. The smallest absolute Gasteiger partial charge is 0.0752 e. The van der Waals surface area contributed by atoms with Crippen molar-refractivity contribution in [2.75, 3.05) is 0 Å². The molecule has 0 atom stereocenters. The summed E-state index contributed by atoms with van der Waals surface area (Å²) in [6.45, 7) is 2.21. The largest absolute Gasteiger partial charge is 0.252 e. The van der Waals surface area contributed by atoms with Crippen molar-refractivity contribution in [3.8, 4) is 0 Å². The molecule has 19 heavy (non-hydrogen) atoms. The van der Waals surface area contributed by atoms with Gasteiger partial charge in [0.2, 0.25) is 0 Å². The Labute approximate surface area is 120 Å². The van der Waals surface area contributed by atoms with E-state index >= 15 is 0 Å². The topological polar surface area (TPSA) is 12.9 Å². The summed E-state index contributed by atoms with van der Waals surface area (Å²) in [5.41, 5.74) is 5.03. The van der Waals surface area contributed by atoms with Crippen LogP contribution in [0.2, 0.25) is 5.02 Å². The summed E-state index contributed by atoms with van der Waals surface area (Å²) in [4.78, 5) is 4.97. The first kappa shape index (κ1) is 12.9. The number of hydrogen-bond donors (Lipinski definition) is 0. The van der Waals surface area contributed by atoms with Gasteiger partial charge in [0.05, 0.1) is 10.5 Å². The Kier molecular flexibility index (Phi) is 3.74. The van der Waals surface area contributed by atoms with E-state index in [0.29, 0.717) is 0 Å². The molecule has 0 bridgehead atoms. The minimum absolute atomic E-state index is 0.958. The van der Waals surface area contributed by atoms with Crippen molar-refractivity contribution < 1.29 is 0 Å². The number of aromatic nitrogens is 1. The summed E-state index contributed by atoms with van der Waals surface area (Å²) >= 11 is 6.66. The lowest BCUT2D eigenvalue weighted by Crippen LogP contribution is -2.00. The highest BCUT2D eigenvalue weighted by molar-refractivity contribution is 6.36. The summed E-state index contributed by atoms with van der Waals surface area (Å²) in [5.74, 6) is 0. The minimum Gasteiger partial charge on any atom is -0.252 e. The van der Waals surface area contributed by atoms with Crippen LogP contribution in [0.4, 0.5) is 0 Å². The zero-order valence-electron chi connectivity index (χ0n) is 11.5. The summed E-state index contributed by atoms with van der Waals surface area (Å²) in [5, 5.41) is 2.10. The molecular formula is C17H20ClN. The molecular weight excluding hydrogens is 254 g/mol. The maximum atomic E-state index is 6.66. The molecule has 1 nitrogen and oxygen atoms in total. The fourth-order valence-electron chi connectivity index (χ4n) is 3.10. The molecule has 0 fully saturated rings. The lowest BCUT2D eigenvalue weighted by atomic mass is 10.0. The van der Waals surface area contributed by atoms with Crippen LogP contribution in [-0.2, 0) is 19.3 Å². The molecule has 0 aliphatic heterocycles. The standard InChI is InChI=1S/C17H20ClN/c1-2-7-12-8-6-10-14-16(18)13-9-4-3-5-11-15(13)19-17(12)14/h6,8,10H,2-5,7,9,11H2,1H3. The summed E-state index contributed by atoms with van der Waals surface area (Å²) in [6, 6.07) is 6.43. The van der Waals surface area contributed by atoms with Gasteiger partial charge in [-0.2, -0.15) is 0 Å². The molecule has 0 radical (unpaired) electrons. The molecule has 2 heteroatoms. The highest BCUT2D eigenvalue weighted by atomic mass is 35.5. The van der Waals surface area contributed by atoms with Gasteiger partial charge < -0.3 is 0 Å². The van der Waals surface area contributed by atoms with Crippen LogP contribution < -0.4 is 0 Å². The molecule has 0 N–H and O–H groups in total. The lowest BCUT2D eigenvalue weighted by Gasteiger charge is -2.13. The first-order valence-corrected chi connectivity index (χ1v) is 7.78. The Bertz CT molecular complexity index is 604. The maximum absolute atomic E-state index is 6.66. The number of pyridine rings is 1. The van der Waals surface area contributed by atoms with E-state index in [2.05, 4.69) is 25.1 Å². The van der Waals surface area contributed by atoms with Crippen molar-refractivity contribution in [2.45, 2.75) is 51.9 Å². The van der Waals surface area contributed by atoms with Gasteiger partial charge in [0.25, 0.3) is 0 Å². The van der Waals surface area contributed by atoms with Crippen LogP contribution in [0.1, 0.15) is 49.4 Å². The van der Waals surface area contributed by atoms with Gasteiger partial charge in [0.15, 0.2) is 0 Å². The van der Waals surface area contributed by atoms with E-state index in [0.717, 1.165) is 41.6 Å². The number of para-hydroxylation sites is 1. The Morgan fingerprint density at radius 2 is 2.00 bits per heavy atom. The van der Waals surface area contributed by atoms with Crippen LogP contribution >= 0.6 is 11.6 Å². The SMILES string of the molecule is CCCc1cccc2c(Cl)c3c(nc12)CCCCC3. The van der Waals surface area contributed by atoms with Crippen molar-refractivity contribution in [1.82, 2.24) is 4.98 Å². The lowest BCUT2D eigenvalue weighted by molar-refractivity contribution is 0.709. The third-order valence-corrected chi connectivity index (χ3v) is 4.51. The van der Waals surface area contributed by atoms with E-state index < -0.39 is 0 Å². The highest BCUT2D eigenvalue weighted by Gasteiger charge is 2.17. The monoisotopic (exact) mass is 273 g/mol. The number of benzene rings is 1. The van der Waals surface area contributed by atoms with Gasteiger partial charge in [-0.25, -0.2) is 0 Å². The highest BCUT2D eigenvalue weighted by Crippen LogP contribution is 2.33. The molecule has 100 valence electrons. The average molecular weight is 274 g/mol. The van der Waals surface area contributed by atoms with Crippen molar-refractivity contribution in [2.24, 2.45) is 0 Å². The van der Waals surface area contributed by atoms with Crippen LogP contribution in [0.5, 0.6) is 0 Å². The van der Waals surface area contributed by atoms with Gasteiger partial charge in [0, 0.05) is 11.1 Å². The molecule has 0 amide bonds. The number of fused-ring (bicyclic) bond motifs is 2. The molecule has 1 heterocycles. The Morgan fingerprint density at radius 3 is 2.84 bits per heavy atom. The van der Waals surface area contributed by atoms with Crippen molar-refractivity contribution in [1.29, 1.82) is 0 Å². The van der Waals surface area contributed by atoms with E-state index in [1.807, 2.05) is 0 Å². The summed E-state index contributed by atoms with van der Waals surface area (Å²) in [7, 11) is 0. The van der Waals surface area contributed by atoms with Gasteiger partial charge in [-0.1, -0.05) is 49.6 Å². The number of nitrogens with zero attached hydrogens (tertiary/aromatic N) is 1. The van der Waals surface area contributed by atoms with Crippen molar-refractivity contribution >= 4 is 22.5 Å². The maximum Gasteiger partial charge on any atom is 0.0752 e. The molecule has 1 aromatic heterocycles. The van der Waals surface area contributed by atoms with Gasteiger partial charge in [-0.15, -0.1) is 0 Å². The molecule has 0 saturated carbocycles. The first-order valence-electron chi connectivity index (χ1n) is 7.40. The van der Waals surface area contributed by atoms with E-state index in [-0.39, 0.29) is 0 Å². The predicted molar refractivity (Wildman–Crippen MR) is 82.0 cm³/mol. The van der Waals surface area contributed by atoms with Crippen LogP contribution in [0.25, 0.3) is 10.9 Å². The van der Waals surface area contributed by atoms with Crippen LogP contribution in [-0.4, -0.2) is 4.98 Å². The van der Waals surface area contributed by atoms with Crippen molar-refractivity contribution in [3.05, 3.63) is 40.0 Å². The Hall–Kier alpha value is -1.08. The molecule has 3 rings (SSSR count). The predicted octanol–water partition coefficient (Wildman–Crippen LogP) is 5.11. The van der Waals surface area contributed by atoms with E-state index in [9.17, 15) is 0 Å². The fourth-order valence-corrected chi connectivity index (χ4v) is 3.45.